The van der Waals surface area contributed by atoms with Crippen LogP contribution in [0.4, 0.5) is 0 Å². The van der Waals surface area contributed by atoms with Gasteiger partial charge in [-0.15, -0.1) is 11.3 Å². The number of fused-ring (bicyclic) bond motifs is 3. The summed E-state index contributed by atoms with van der Waals surface area (Å²) >= 11 is 1.80. The van der Waals surface area contributed by atoms with Gasteiger partial charge >= 0.3 is 0 Å². The van der Waals surface area contributed by atoms with Crippen LogP contribution >= 0.6 is 11.3 Å². The molecule has 1 unspecified atom stereocenters. The second-order valence-electron chi connectivity index (χ2n) is 9.86. The molecular formula is C35H30N6S. The summed E-state index contributed by atoms with van der Waals surface area (Å²) in [6.45, 7) is 0. The maximum absolute atomic E-state index is 9.07. The van der Waals surface area contributed by atoms with Crippen LogP contribution in [0.3, 0.4) is 0 Å². The van der Waals surface area contributed by atoms with E-state index in [-0.39, 0.29) is 6.04 Å². The molecule has 7 heteroatoms. The van der Waals surface area contributed by atoms with E-state index in [9.17, 15) is 0 Å². The fourth-order valence-corrected chi connectivity index (χ4v) is 6.31. The molecule has 0 bridgehead atoms. The Morgan fingerprint density at radius 3 is 2.69 bits per heavy atom. The zero-order valence-corrected chi connectivity index (χ0v) is 24.1. The summed E-state index contributed by atoms with van der Waals surface area (Å²) in [5.41, 5.74) is 18.1. The summed E-state index contributed by atoms with van der Waals surface area (Å²) in [4.78, 5) is 6.21. The van der Waals surface area contributed by atoms with E-state index < -0.39 is 0 Å². The lowest BCUT2D eigenvalue weighted by Gasteiger charge is -2.33. The lowest BCUT2D eigenvalue weighted by molar-refractivity contribution is 0.446. The molecule has 3 heterocycles. The van der Waals surface area contributed by atoms with Gasteiger partial charge in [-0.2, -0.15) is 10.5 Å². The minimum absolute atomic E-state index is 0.00298. The van der Waals surface area contributed by atoms with Crippen molar-refractivity contribution in [2.24, 2.45) is 11.5 Å². The van der Waals surface area contributed by atoms with Gasteiger partial charge in [0, 0.05) is 50.4 Å². The lowest BCUT2D eigenvalue weighted by atomic mass is 9.97. The predicted octanol–water partition coefficient (Wildman–Crippen LogP) is 6.94. The van der Waals surface area contributed by atoms with Gasteiger partial charge in [-0.1, -0.05) is 54.6 Å². The Bertz CT molecular complexity index is 1910. The number of rotatable bonds is 8. The van der Waals surface area contributed by atoms with E-state index in [0.29, 0.717) is 17.8 Å². The van der Waals surface area contributed by atoms with Gasteiger partial charge in [0.25, 0.3) is 0 Å². The zero-order chi connectivity index (χ0) is 29.5. The molecule has 0 radical (unpaired) electrons. The highest BCUT2D eigenvalue weighted by atomic mass is 32.1. The second kappa shape index (κ2) is 12.9. The van der Waals surface area contributed by atoms with Gasteiger partial charge in [0.15, 0.2) is 0 Å². The first-order valence-corrected chi connectivity index (χ1v) is 14.3. The number of aromatic nitrogens is 1. The van der Waals surface area contributed by atoms with E-state index >= 15 is 0 Å². The molecule has 2 aromatic heterocycles. The quantitative estimate of drug-likeness (QED) is 0.223. The first-order valence-electron chi connectivity index (χ1n) is 13.5. The molecule has 1 aliphatic rings. The molecule has 42 heavy (non-hydrogen) atoms. The molecule has 4 aromatic rings. The summed E-state index contributed by atoms with van der Waals surface area (Å²) in [7, 11) is 2.07. The normalized spacial score (nSPS) is 15.9. The standard InChI is InChI=1S/C35H30N6S/c1-41-32(25(15-18-37)7-5-17-36)9-4-10-33(41)27-12-14-30-29-13-11-24(20-34(29)42-35(30)22-27)6-2-3-8-31(39)26-16-19-40-28(21-26)23-38/h2-4,7-16,18-22,32H,5-6,37,39H2,1H3/b3-2-,18-15-,25-7+,31-8-. The van der Waals surface area contributed by atoms with Crippen LogP contribution in [0.25, 0.3) is 31.6 Å². The maximum Gasteiger partial charge on any atom is 0.141 e. The largest absolute Gasteiger partial charge is 0.405 e. The third-order valence-corrected chi connectivity index (χ3v) is 8.33. The molecule has 6 nitrogen and oxygen atoms in total. The third-order valence-electron chi connectivity index (χ3n) is 7.21. The first-order chi connectivity index (χ1) is 20.5. The highest BCUT2D eigenvalue weighted by molar-refractivity contribution is 7.25. The van der Waals surface area contributed by atoms with Crippen molar-refractivity contribution in [2.45, 2.75) is 18.9 Å². The van der Waals surface area contributed by atoms with Gasteiger partial charge in [-0.3, -0.25) is 0 Å². The number of thiophene rings is 1. The molecule has 4 N–H and O–H groups in total. The number of allylic oxidation sites excluding steroid dienone is 6. The summed E-state index contributed by atoms with van der Waals surface area (Å²) < 4.78 is 2.49. The van der Waals surface area contributed by atoms with Gasteiger partial charge in [0.05, 0.1) is 18.5 Å². The summed E-state index contributed by atoms with van der Waals surface area (Å²) in [5.74, 6) is 0. The number of hydrogen-bond acceptors (Lipinski definition) is 7. The molecule has 2 aromatic carbocycles. The summed E-state index contributed by atoms with van der Waals surface area (Å²) in [6.07, 6.45) is 20.2. The van der Waals surface area contributed by atoms with Crippen molar-refractivity contribution in [3.63, 3.8) is 0 Å². The number of hydrogen-bond donors (Lipinski definition) is 2. The maximum atomic E-state index is 9.07. The van der Waals surface area contributed by atoms with Crippen molar-refractivity contribution in [2.75, 3.05) is 7.05 Å². The van der Waals surface area contributed by atoms with Crippen LogP contribution in [0.1, 0.15) is 28.8 Å². The van der Waals surface area contributed by atoms with E-state index in [1.807, 2.05) is 30.4 Å². The molecule has 5 rings (SSSR count). The topological polar surface area (TPSA) is 116 Å². The van der Waals surface area contributed by atoms with Gasteiger partial charge in [0.2, 0.25) is 0 Å². The Morgan fingerprint density at radius 2 is 1.90 bits per heavy atom. The first kappa shape index (κ1) is 28.2. The molecule has 1 aliphatic heterocycles. The molecule has 1 atom stereocenters. The van der Waals surface area contributed by atoms with Gasteiger partial charge in [-0.25, -0.2) is 4.98 Å². The number of benzene rings is 2. The predicted molar refractivity (Wildman–Crippen MR) is 174 cm³/mol. The summed E-state index contributed by atoms with van der Waals surface area (Å²) in [6, 6.07) is 21.0. The van der Waals surface area contributed by atoms with Crippen molar-refractivity contribution >= 4 is 42.9 Å². The van der Waals surface area contributed by atoms with Crippen molar-refractivity contribution in [3.8, 4) is 12.1 Å². The van der Waals surface area contributed by atoms with Gasteiger partial charge in [-0.05, 0) is 71.8 Å². The third kappa shape index (κ3) is 6.02. The van der Waals surface area contributed by atoms with E-state index in [4.69, 9.17) is 22.0 Å². The van der Waals surface area contributed by atoms with Gasteiger partial charge < -0.3 is 16.4 Å². The monoisotopic (exact) mass is 566 g/mol. The lowest BCUT2D eigenvalue weighted by Crippen LogP contribution is -2.31. The number of likely N-dealkylation sites (N-methyl/N-ethyl adjacent to an activating group) is 1. The number of nitrogens with zero attached hydrogens (tertiary/aromatic N) is 4. The smallest absolute Gasteiger partial charge is 0.141 e. The van der Waals surface area contributed by atoms with Crippen molar-refractivity contribution < 1.29 is 0 Å². The van der Waals surface area contributed by atoms with Gasteiger partial charge in [0.1, 0.15) is 11.8 Å². The van der Waals surface area contributed by atoms with Crippen LogP contribution in [0.15, 0.2) is 115 Å². The zero-order valence-electron chi connectivity index (χ0n) is 23.2. The number of nitrogens with two attached hydrogens (primary N) is 2. The fraction of sp³-hybridized carbons (Fsp3) is 0.114. The Labute approximate surface area is 249 Å². The highest BCUT2D eigenvalue weighted by Gasteiger charge is 2.21. The van der Waals surface area contributed by atoms with Crippen LogP contribution in [0, 0.1) is 22.7 Å². The van der Waals surface area contributed by atoms with Crippen LogP contribution in [0.2, 0.25) is 0 Å². The van der Waals surface area contributed by atoms with Crippen molar-refractivity contribution in [1.82, 2.24) is 9.88 Å². The number of nitriles is 2. The summed E-state index contributed by atoms with van der Waals surface area (Å²) in [5, 5.41) is 20.6. The minimum atomic E-state index is -0.00298. The molecule has 0 saturated carbocycles. The van der Waals surface area contributed by atoms with Crippen LogP contribution in [-0.2, 0) is 6.42 Å². The molecule has 0 spiro atoms. The Morgan fingerprint density at radius 1 is 1.10 bits per heavy atom. The average molecular weight is 567 g/mol. The molecule has 206 valence electrons. The van der Waals surface area contributed by atoms with Crippen molar-refractivity contribution in [3.05, 3.63) is 137 Å². The second-order valence-corrected chi connectivity index (χ2v) is 10.9. The van der Waals surface area contributed by atoms with Crippen LogP contribution in [0.5, 0.6) is 0 Å². The van der Waals surface area contributed by atoms with E-state index in [1.165, 1.54) is 31.9 Å². The Balaban J connectivity index is 1.35. The van der Waals surface area contributed by atoms with E-state index in [0.717, 1.165) is 28.8 Å². The van der Waals surface area contributed by atoms with Crippen molar-refractivity contribution in [1.29, 1.82) is 10.5 Å². The molecule has 0 saturated heterocycles. The number of pyridine rings is 1. The fourth-order valence-electron chi connectivity index (χ4n) is 5.10. The van der Waals surface area contributed by atoms with E-state index in [1.54, 1.807) is 29.7 Å². The molecule has 0 fully saturated rings. The SMILES string of the molecule is CN1C(c2ccc3c(c2)sc2cc(C/C=C\C=C(/N)c4ccnc(C#N)c4)ccc23)=CC=CC1C(/C=C\N)=C/CC#N. The average Bonchev–Trinajstić information content (AvgIpc) is 3.38. The Kier molecular flexibility index (Phi) is 8.63. The Hall–Kier alpha value is -5.37. The van der Waals surface area contributed by atoms with Crippen LogP contribution < -0.4 is 11.5 Å². The molecule has 0 aliphatic carbocycles. The molecule has 0 amide bonds. The van der Waals surface area contributed by atoms with Crippen LogP contribution in [-0.4, -0.2) is 23.0 Å². The van der Waals surface area contributed by atoms with E-state index in [2.05, 4.69) is 83.7 Å². The molecular weight excluding hydrogens is 536 g/mol. The highest BCUT2D eigenvalue weighted by Crippen LogP contribution is 2.37. The minimum Gasteiger partial charge on any atom is -0.405 e.